The number of halogens is 1. The van der Waals surface area contributed by atoms with Crippen molar-refractivity contribution in [1.82, 2.24) is 4.90 Å². The van der Waals surface area contributed by atoms with Gasteiger partial charge in [0.2, 0.25) is 0 Å². The van der Waals surface area contributed by atoms with Crippen molar-refractivity contribution in [3.8, 4) is 6.07 Å². The summed E-state index contributed by atoms with van der Waals surface area (Å²) in [6, 6.07) is 13.9. The van der Waals surface area contributed by atoms with Gasteiger partial charge in [0.1, 0.15) is 0 Å². The average molecular weight is 441 g/mol. The van der Waals surface area contributed by atoms with Gasteiger partial charge >= 0.3 is 6.09 Å². The highest BCUT2D eigenvalue weighted by Crippen LogP contribution is 2.29. The van der Waals surface area contributed by atoms with Crippen LogP contribution in [-0.2, 0) is 11.3 Å². The standard InChI is InChI=1S/C23H25ClN4O3/c1-31-23(30)27-19-8-11-21(24)17(12-19)14-28(20-9-6-18(26)7-10-20)22(29)16-4-2-15(13-25)3-5-16/h2-5,8,11-12,18,20H,6-7,9-10,14,26H2,1H3,(H,27,30). The molecule has 0 radical (unpaired) electrons. The van der Waals surface area contributed by atoms with Crippen molar-refractivity contribution in [1.29, 1.82) is 5.26 Å². The summed E-state index contributed by atoms with van der Waals surface area (Å²) in [6.45, 7) is 0.286. The minimum Gasteiger partial charge on any atom is -0.453 e. The van der Waals surface area contributed by atoms with Crippen LogP contribution in [0, 0.1) is 11.3 Å². The molecule has 1 aliphatic carbocycles. The average Bonchev–Trinajstić information content (AvgIpc) is 2.79. The lowest BCUT2D eigenvalue weighted by Gasteiger charge is -2.36. The van der Waals surface area contributed by atoms with Crippen LogP contribution in [0.25, 0.3) is 0 Å². The van der Waals surface area contributed by atoms with Gasteiger partial charge in [-0.3, -0.25) is 10.1 Å². The number of rotatable bonds is 5. The van der Waals surface area contributed by atoms with Crippen molar-refractivity contribution >= 4 is 29.3 Å². The topological polar surface area (TPSA) is 108 Å². The molecule has 0 bridgehead atoms. The Balaban J connectivity index is 1.89. The molecule has 1 fully saturated rings. The molecule has 8 heteroatoms. The maximum Gasteiger partial charge on any atom is 0.411 e. The van der Waals surface area contributed by atoms with Crippen molar-refractivity contribution in [3.63, 3.8) is 0 Å². The summed E-state index contributed by atoms with van der Waals surface area (Å²) in [4.78, 5) is 26.8. The summed E-state index contributed by atoms with van der Waals surface area (Å²) in [5, 5.41) is 12.1. The number of nitrogens with one attached hydrogen (secondary N) is 1. The molecule has 162 valence electrons. The number of nitriles is 1. The van der Waals surface area contributed by atoms with Crippen molar-refractivity contribution < 1.29 is 14.3 Å². The molecule has 3 N–H and O–H groups in total. The van der Waals surface area contributed by atoms with Crippen LogP contribution in [-0.4, -0.2) is 36.1 Å². The first-order chi connectivity index (χ1) is 14.9. The van der Waals surface area contributed by atoms with Crippen LogP contribution < -0.4 is 11.1 Å². The van der Waals surface area contributed by atoms with Gasteiger partial charge in [-0.05, 0) is 73.7 Å². The third kappa shape index (κ3) is 5.75. The van der Waals surface area contributed by atoms with E-state index in [-0.39, 0.29) is 24.5 Å². The fraction of sp³-hybridized carbons (Fsp3) is 0.348. The van der Waals surface area contributed by atoms with Gasteiger partial charge in [0, 0.05) is 34.9 Å². The van der Waals surface area contributed by atoms with Crippen LogP contribution in [0.15, 0.2) is 42.5 Å². The Morgan fingerprint density at radius 3 is 2.48 bits per heavy atom. The number of hydrogen-bond donors (Lipinski definition) is 2. The van der Waals surface area contributed by atoms with E-state index in [9.17, 15) is 9.59 Å². The molecule has 3 rings (SSSR count). The number of ether oxygens (including phenoxy) is 1. The highest BCUT2D eigenvalue weighted by Gasteiger charge is 2.29. The zero-order valence-electron chi connectivity index (χ0n) is 17.3. The fourth-order valence-corrected chi connectivity index (χ4v) is 3.94. The van der Waals surface area contributed by atoms with Crippen LogP contribution >= 0.6 is 11.6 Å². The number of carbonyl (C=O) groups is 2. The predicted octanol–water partition coefficient (Wildman–Crippen LogP) is 4.30. The predicted molar refractivity (Wildman–Crippen MR) is 119 cm³/mol. The molecule has 1 aliphatic rings. The van der Waals surface area contributed by atoms with Crippen LogP contribution in [0.2, 0.25) is 5.02 Å². The second kappa shape index (κ2) is 10.3. The van der Waals surface area contributed by atoms with E-state index in [1.165, 1.54) is 7.11 Å². The van der Waals surface area contributed by atoms with Crippen molar-refractivity contribution in [2.24, 2.45) is 5.73 Å². The Morgan fingerprint density at radius 2 is 1.87 bits per heavy atom. The first-order valence-electron chi connectivity index (χ1n) is 10.1. The van der Waals surface area contributed by atoms with E-state index in [1.807, 2.05) is 4.90 Å². The highest BCUT2D eigenvalue weighted by molar-refractivity contribution is 6.31. The number of amides is 2. The van der Waals surface area contributed by atoms with Gasteiger partial charge < -0.3 is 15.4 Å². The number of anilines is 1. The SMILES string of the molecule is COC(=O)Nc1ccc(Cl)c(CN(C(=O)c2ccc(C#N)cc2)C2CCC(N)CC2)c1. The molecule has 0 atom stereocenters. The van der Waals surface area contributed by atoms with Gasteiger partial charge in [0.25, 0.3) is 5.91 Å². The van der Waals surface area contributed by atoms with Crippen molar-refractivity contribution in [2.75, 3.05) is 12.4 Å². The number of nitrogens with two attached hydrogens (primary N) is 1. The number of nitrogens with zero attached hydrogens (tertiary/aromatic N) is 2. The second-order valence-corrected chi connectivity index (χ2v) is 8.02. The molecule has 2 amide bonds. The summed E-state index contributed by atoms with van der Waals surface area (Å²) in [5.41, 5.74) is 8.32. The molecular formula is C23H25ClN4O3. The quantitative estimate of drug-likeness (QED) is 0.720. The summed E-state index contributed by atoms with van der Waals surface area (Å²) in [6.07, 6.45) is 2.72. The first kappa shape index (κ1) is 22.6. The Hall–Kier alpha value is -3.08. The molecule has 0 saturated heterocycles. The molecule has 2 aromatic carbocycles. The van der Waals surface area contributed by atoms with E-state index >= 15 is 0 Å². The minimum atomic E-state index is -0.583. The van der Waals surface area contributed by atoms with E-state index in [0.29, 0.717) is 27.4 Å². The van der Waals surface area contributed by atoms with Gasteiger partial charge in [-0.15, -0.1) is 0 Å². The number of benzene rings is 2. The van der Waals surface area contributed by atoms with Gasteiger partial charge in [-0.2, -0.15) is 5.26 Å². The normalized spacial score (nSPS) is 18.0. The molecule has 7 nitrogen and oxygen atoms in total. The molecule has 0 heterocycles. The minimum absolute atomic E-state index is 0.0243. The Morgan fingerprint density at radius 1 is 1.19 bits per heavy atom. The van der Waals surface area contributed by atoms with E-state index in [4.69, 9.17) is 22.6 Å². The summed E-state index contributed by atoms with van der Waals surface area (Å²) >= 11 is 6.43. The van der Waals surface area contributed by atoms with E-state index in [2.05, 4.69) is 16.1 Å². The lowest BCUT2D eigenvalue weighted by Crippen LogP contribution is -2.44. The molecule has 1 saturated carbocycles. The Kier molecular flexibility index (Phi) is 7.50. The van der Waals surface area contributed by atoms with Crippen LogP contribution in [0.3, 0.4) is 0 Å². The van der Waals surface area contributed by atoms with E-state index in [1.54, 1.807) is 42.5 Å². The molecule has 0 unspecified atom stereocenters. The zero-order chi connectivity index (χ0) is 22.4. The van der Waals surface area contributed by atoms with Gasteiger partial charge in [0.15, 0.2) is 0 Å². The second-order valence-electron chi connectivity index (χ2n) is 7.61. The molecular weight excluding hydrogens is 416 g/mol. The van der Waals surface area contributed by atoms with Gasteiger partial charge in [0.05, 0.1) is 18.7 Å². The number of hydrogen-bond acceptors (Lipinski definition) is 5. The monoisotopic (exact) mass is 440 g/mol. The third-order valence-corrected chi connectivity index (χ3v) is 5.89. The zero-order valence-corrected chi connectivity index (χ0v) is 18.1. The molecule has 0 spiro atoms. The van der Waals surface area contributed by atoms with E-state index < -0.39 is 6.09 Å². The Labute approximate surface area is 186 Å². The maximum atomic E-state index is 13.4. The van der Waals surface area contributed by atoms with Crippen LogP contribution in [0.4, 0.5) is 10.5 Å². The van der Waals surface area contributed by atoms with E-state index in [0.717, 1.165) is 25.7 Å². The summed E-state index contributed by atoms with van der Waals surface area (Å²) in [7, 11) is 1.29. The summed E-state index contributed by atoms with van der Waals surface area (Å²) < 4.78 is 4.64. The maximum absolute atomic E-state index is 13.4. The number of carbonyl (C=O) groups excluding carboxylic acids is 2. The molecule has 31 heavy (non-hydrogen) atoms. The molecule has 0 aromatic heterocycles. The fourth-order valence-electron chi connectivity index (χ4n) is 3.76. The smallest absolute Gasteiger partial charge is 0.411 e. The van der Waals surface area contributed by atoms with Crippen molar-refractivity contribution in [3.05, 3.63) is 64.2 Å². The molecule has 0 aliphatic heterocycles. The number of methoxy groups -OCH3 is 1. The lowest BCUT2D eigenvalue weighted by atomic mass is 9.90. The van der Waals surface area contributed by atoms with Gasteiger partial charge in [-0.1, -0.05) is 11.6 Å². The first-order valence-corrected chi connectivity index (χ1v) is 10.5. The molecule has 2 aromatic rings. The van der Waals surface area contributed by atoms with Crippen molar-refractivity contribution in [2.45, 2.75) is 44.3 Å². The van der Waals surface area contributed by atoms with Crippen LogP contribution in [0.5, 0.6) is 0 Å². The Bertz CT molecular complexity index is 979. The van der Waals surface area contributed by atoms with Gasteiger partial charge in [-0.25, -0.2) is 4.79 Å². The largest absolute Gasteiger partial charge is 0.453 e. The highest BCUT2D eigenvalue weighted by atomic mass is 35.5. The summed E-state index contributed by atoms with van der Waals surface area (Å²) in [5.74, 6) is -0.132. The van der Waals surface area contributed by atoms with Crippen LogP contribution in [0.1, 0.15) is 47.2 Å². The lowest BCUT2D eigenvalue weighted by molar-refractivity contribution is 0.0606. The third-order valence-electron chi connectivity index (χ3n) is 5.52.